The summed E-state index contributed by atoms with van der Waals surface area (Å²) >= 11 is 0. The van der Waals surface area contributed by atoms with Gasteiger partial charge >= 0.3 is 5.97 Å². The Morgan fingerprint density at radius 1 is 1.38 bits per heavy atom. The van der Waals surface area contributed by atoms with E-state index in [1.807, 2.05) is 0 Å². The van der Waals surface area contributed by atoms with Gasteiger partial charge in [0.2, 0.25) is 0 Å². The lowest BCUT2D eigenvalue weighted by Gasteiger charge is -2.05. The maximum absolute atomic E-state index is 11.0. The predicted molar refractivity (Wildman–Crippen MR) is 58.1 cm³/mol. The Morgan fingerprint density at radius 3 is 2.56 bits per heavy atom. The number of carbonyl (C=O) groups excluding carboxylic acids is 1. The highest BCUT2D eigenvalue weighted by Crippen LogP contribution is 2.17. The second kappa shape index (κ2) is 6.44. The minimum Gasteiger partial charge on any atom is -0.488 e. The smallest absolute Gasteiger partial charge is 0.310 e. The first-order valence-corrected chi connectivity index (χ1v) is 4.85. The van der Waals surface area contributed by atoms with Gasteiger partial charge in [-0.2, -0.15) is 0 Å². The molecule has 1 aromatic rings. The largest absolute Gasteiger partial charge is 0.488 e. The first-order chi connectivity index (χ1) is 7.76. The number of benzene rings is 1. The predicted octanol–water partition coefficient (Wildman–Crippen LogP) is 1.84. The molecule has 5 nitrogen and oxygen atoms in total. The number of hydrogen-bond donors (Lipinski definition) is 1. The van der Waals surface area contributed by atoms with E-state index in [-0.39, 0.29) is 12.6 Å². The topological polar surface area (TPSA) is 68.1 Å². The minimum absolute atomic E-state index is 0.185. The summed E-state index contributed by atoms with van der Waals surface area (Å²) < 4.78 is 10.2. The van der Waals surface area contributed by atoms with Crippen LogP contribution in [-0.2, 0) is 4.79 Å². The van der Waals surface area contributed by atoms with Gasteiger partial charge in [-0.15, -0.1) is 0 Å². The van der Waals surface area contributed by atoms with Crippen LogP contribution in [-0.4, -0.2) is 24.0 Å². The molecule has 0 aliphatic carbocycles. The Bertz CT molecular complexity index is 359. The van der Waals surface area contributed by atoms with Gasteiger partial charge in [0.1, 0.15) is 18.1 Å². The Kier molecular flexibility index (Phi) is 4.85. The molecule has 5 heteroatoms. The Balaban J connectivity index is 2.50. The van der Waals surface area contributed by atoms with Gasteiger partial charge in [-0.05, 0) is 24.3 Å². The number of oxime groups is 1. The van der Waals surface area contributed by atoms with Crippen molar-refractivity contribution < 1.29 is 19.5 Å². The normalized spacial score (nSPS) is 10.3. The summed E-state index contributed by atoms with van der Waals surface area (Å²) in [7, 11) is 0. The Morgan fingerprint density at radius 2 is 2.00 bits per heavy atom. The molecule has 0 fully saturated rings. The lowest BCUT2D eigenvalue weighted by molar-refractivity contribution is -0.134. The van der Waals surface area contributed by atoms with Crippen LogP contribution in [0.15, 0.2) is 29.4 Å². The summed E-state index contributed by atoms with van der Waals surface area (Å²) in [5.74, 6) is 0.812. The number of ether oxygens (including phenoxy) is 2. The third-order valence-electron chi connectivity index (χ3n) is 1.75. The molecule has 1 aromatic carbocycles. The van der Waals surface area contributed by atoms with E-state index in [0.717, 1.165) is 0 Å². The van der Waals surface area contributed by atoms with Crippen molar-refractivity contribution in [2.75, 3.05) is 6.61 Å². The summed E-state index contributed by atoms with van der Waals surface area (Å²) in [6.45, 7) is 1.92. The monoisotopic (exact) mass is 223 g/mol. The number of carbonyl (C=O) groups is 1. The molecule has 0 unspecified atom stereocenters. The molecule has 0 saturated heterocycles. The third kappa shape index (κ3) is 4.00. The molecule has 0 radical (unpaired) electrons. The van der Waals surface area contributed by atoms with E-state index in [0.29, 0.717) is 17.9 Å². The van der Waals surface area contributed by atoms with E-state index in [1.54, 1.807) is 31.2 Å². The van der Waals surface area contributed by atoms with E-state index in [1.165, 1.54) is 6.21 Å². The highest BCUT2D eigenvalue weighted by Gasteiger charge is 2.01. The third-order valence-corrected chi connectivity index (χ3v) is 1.75. The molecule has 16 heavy (non-hydrogen) atoms. The second-order valence-electron chi connectivity index (χ2n) is 2.91. The van der Waals surface area contributed by atoms with E-state index < -0.39 is 0 Å². The van der Waals surface area contributed by atoms with Crippen LogP contribution in [0.4, 0.5) is 0 Å². The van der Waals surface area contributed by atoms with Gasteiger partial charge in [0.05, 0.1) is 6.21 Å². The second-order valence-corrected chi connectivity index (χ2v) is 2.91. The molecular formula is C11H13NO4. The van der Waals surface area contributed by atoms with Gasteiger partial charge in [-0.25, -0.2) is 0 Å². The fraction of sp³-hybridized carbons (Fsp3) is 0.273. The van der Waals surface area contributed by atoms with E-state index in [4.69, 9.17) is 14.7 Å². The van der Waals surface area contributed by atoms with Gasteiger partial charge in [-0.3, -0.25) is 4.79 Å². The molecular weight excluding hydrogens is 210 g/mol. The van der Waals surface area contributed by atoms with Crippen molar-refractivity contribution in [2.45, 2.75) is 13.3 Å². The highest BCUT2D eigenvalue weighted by atomic mass is 16.5. The van der Waals surface area contributed by atoms with Crippen LogP contribution in [0, 0.1) is 0 Å². The Labute approximate surface area is 93.3 Å². The van der Waals surface area contributed by atoms with Crippen LogP contribution in [0.3, 0.4) is 0 Å². The molecule has 0 saturated carbocycles. The lowest BCUT2D eigenvalue weighted by Crippen LogP contribution is -2.05. The molecule has 1 N–H and O–H groups in total. The number of rotatable bonds is 5. The van der Waals surface area contributed by atoms with Crippen LogP contribution >= 0.6 is 0 Å². The quantitative estimate of drug-likeness (QED) is 0.272. The summed E-state index contributed by atoms with van der Waals surface area (Å²) in [6.07, 6.45) is 1.57. The molecule has 86 valence electrons. The fourth-order valence-electron chi connectivity index (χ4n) is 0.974. The standard InChI is InChI=1S/C11H13NO4/c1-2-11(13)16-10-5-3-9(4-6-10)15-8-7-12-14/h3-7,14H,2,8H2,1H3. The zero-order chi connectivity index (χ0) is 11.8. The van der Waals surface area contributed by atoms with Gasteiger partial charge < -0.3 is 14.7 Å². The van der Waals surface area contributed by atoms with Crippen LogP contribution < -0.4 is 9.47 Å². The number of nitrogens with zero attached hydrogens (tertiary/aromatic N) is 1. The van der Waals surface area contributed by atoms with Crippen LogP contribution in [0.25, 0.3) is 0 Å². The zero-order valence-corrected chi connectivity index (χ0v) is 8.92. The van der Waals surface area contributed by atoms with Crippen molar-refractivity contribution in [3.63, 3.8) is 0 Å². The molecule has 0 amide bonds. The van der Waals surface area contributed by atoms with Crippen LogP contribution in [0.5, 0.6) is 11.5 Å². The van der Waals surface area contributed by atoms with Crippen molar-refractivity contribution in [3.05, 3.63) is 24.3 Å². The van der Waals surface area contributed by atoms with E-state index in [9.17, 15) is 4.79 Å². The molecule has 0 heterocycles. The van der Waals surface area contributed by atoms with E-state index >= 15 is 0 Å². The molecule has 0 aromatic heterocycles. The van der Waals surface area contributed by atoms with Crippen molar-refractivity contribution >= 4 is 12.2 Å². The van der Waals surface area contributed by atoms with Gasteiger partial charge in [-0.1, -0.05) is 12.1 Å². The molecule has 0 bridgehead atoms. The SMILES string of the molecule is CCC(=O)Oc1ccc(OCC=NO)cc1. The summed E-state index contributed by atoms with van der Waals surface area (Å²) in [5, 5.41) is 10.9. The molecule has 1 rings (SSSR count). The first kappa shape index (κ1) is 12.0. The molecule has 0 aliphatic heterocycles. The van der Waals surface area contributed by atoms with Gasteiger partial charge in [0.15, 0.2) is 0 Å². The van der Waals surface area contributed by atoms with Crippen LogP contribution in [0.2, 0.25) is 0 Å². The van der Waals surface area contributed by atoms with Gasteiger partial charge in [0.25, 0.3) is 0 Å². The van der Waals surface area contributed by atoms with Crippen molar-refractivity contribution in [1.29, 1.82) is 0 Å². The van der Waals surface area contributed by atoms with Gasteiger partial charge in [0, 0.05) is 6.42 Å². The van der Waals surface area contributed by atoms with E-state index in [2.05, 4.69) is 5.16 Å². The maximum Gasteiger partial charge on any atom is 0.310 e. The number of hydrogen-bond acceptors (Lipinski definition) is 5. The summed E-state index contributed by atoms with van der Waals surface area (Å²) in [6, 6.07) is 6.62. The average Bonchev–Trinajstić information content (AvgIpc) is 2.31. The average molecular weight is 223 g/mol. The van der Waals surface area contributed by atoms with Crippen molar-refractivity contribution in [3.8, 4) is 11.5 Å². The first-order valence-electron chi connectivity index (χ1n) is 4.85. The molecule has 0 atom stereocenters. The van der Waals surface area contributed by atoms with Crippen molar-refractivity contribution in [1.82, 2.24) is 0 Å². The highest BCUT2D eigenvalue weighted by molar-refractivity contribution is 5.71. The minimum atomic E-state index is -0.277. The maximum atomic E-state index is 11.0. The fourth-order valence-corrected chi connectivity index (χ4v) is 0.974. The van der Waals surface area contributed by atoms with Crippen molar-refractivity contribution in [2.24, 2.45) is 5.16 Å². The zero-order valence-electron chi connectivity index (χ0n) is 8.92. The Hall–Kier alpha value is -2.04. The summed E-state index contributed by atoms with van der Waals surface area (Å²) in [5.41, 5.74) is 0. The summed E-state index contributed by atoms with van der Waals surface area (Å²) in [4.78, 5) is 11.0. The number of esters is 1. The lowest BCUT2D eigenvalue weighted by atomic mass is 10.3. The molecule has 0 spiro atoms. The van der Waals surface area contributed by atoms with Crippen LogP contribution in [0.1, 0.15) is 13.3 Å². The molecule has 0 aliphatic rings.